The molecule has 1 heterocycles. The molecule has 0 spiro atoms. The molecular formula is C27H28ClF2NO3. The van der Waals surface area contributed by atoms with Crippen LogP contribution in [0.5, 0.6) is 11.5 Å². The summed E-state index contributed by atoms with van der Waals surface area (Å²) < 4.78 is 38.0. The Morgan fingerprint density at radius 3 is 2.03 bits per heavy atom. The van der Waals surface area contributed by atoms with Crippen molar-refractivity contribution in [3.05, 3.63) is 95.1 Å². The topological polar surface area (TPSA) is 38.8 Å². The molecule has 0 bridgehead atoms. The first-order valence-electron chi connectivity index (χ1n) is 11.0. The normalized spacial score (nSPS) is 16.3. The number of ketones is 1. The molecule has 0 radical (unpaired) electrons. The predicted octanol–water partition coefficient (Wildman–Crippen LogP) is 5.63. The number of rotatable bonds is 7. The molecule has 1 aliphatic heterocycles. The number of methoxy groups -OCH3 is 2. The van der Waals surface area contributed by atoms with Crippen molar-refractivity contribution >= 4 is 18.2 Å². The Morgan fingerprint density at radius 1 is 0.912 bits per heavy atom. The van der Waals surface area contributed by atoms with Gasteiger partial charge in [-0.3, -0.25) is 9.69 Å². The van der Waals surface area contributed by atoms with Crippen molar-refractivity contribution in [3.63, 3.8) is 0 Å². The third-order valence-corrected chi connectivity index (χ3v) is 6.29. The van der Waals surface area contributed by atoms with Crippen LogP contribution < -0.4 is 9.47 Å². The van der Waals surface area contributed by atoms with Crippen LogP contribution >= 0.6 is 12.4 Å². The minimum Gasteiger partial charge on any atom is -0.497 e. The van der Waals surface area contributed by atoms with E-state index in [9.17, 15) is 13.6 Å². The van der Waals surface area contributed by atoms with Gasteiger partial charge in [0, 0.05) is 49.5 Å². The van der Waals surface area contributed by atoms with Gasteiger partial charge in [-0.2, -0.15) is 0 Å². The molecule has 1 saturated heterocycles. The number of likely N-dealkylation sites (tertiary alicyclic amines) is 1. The van der Waals surface area contributed by atoms with Gasteiger partial charge in [0.25, 0.3) is 0 Å². The molecule has 4 rings (SSSR count). The summed E-state index contributed by atoms with van der Waals surface area (Å²) in [6, 6.07) is 18.2. The number of ether oxygens (including phenoxy) is 2. The van der Waals surface area contributed by atoms with Gasteiger partial charge < -0.3 is 9.47 Å². The average molecular weight is 488 g/mol. The van der Waals surface area contributed by atoms with Gasteiger partial charge in [-0.1, -0.05) is 30.3 Å². The van der Waals surface area contributed by atoms with Crippen molar-refractivity contribution in [1.29, 1.82) is 0 Å². The zero-order chi connectivity index (χ0) is 23.4. The Hall–Kier alpha value is -2.96. The monoisotopic (exact) mass is 487 g/mol. The van der Waals surface area contributed by atoms with E-state index in [4.69, 9.17) is 9.47 Å². The van der Waals surface area contributed by atoms with E-state index in [1.807, 2.05) is 18.2 Å². The lowest BCUT2D eigenvalue weighted by Crippen LogP contribution is -2.43. The fourth-order valence-corrected chi connectivity index (χ4v) is 4.58. The van der Waals surface area contributed by atoms with Crippen LogP contribution in [-0.4, -0.2) is 38.0 Å². The van der Waals surface area contributed by atoms with E-state index >= 15 is 0 Å². The van der Waals surface area contributed by atoms with Gasteiger partial charge in [0.2, 0.25) is 0 Å². The number of carbonyl (C=O) groups excluding carboxylic acids is 1. The van der Waals surface area contributed by atoms with Crippen molar-refractivity contribution in [2.75, 3.05) is 27.3 Å². The number of hydrogen-bond donors (Lipinski definition) is 0. The molecule has 180 valence electrons. The fourth-order valence-electron chi connectivity index (χ4n) is 4.58. The highest BCUT2D eigenvalue weighted by molar-refractivity contribution is 5.85. The molecule has 1 atom stereocenters. The van der Waals surface area contributed by atoms with Crippen molar-refractivity contribution < 1.29 is 23.0 Å². The fraction of sp³-hybridized carbons (Fsp3) is 0.296. The number of halogens is 3. The second kappa shape index (κ2) is 11.4. The van der Waals surface area contributed by atoms with Crippen LogP contribution in [0, 0.1) is 17.6 Å². The maximum Gasteiger partial charge on any atom is 0.139 e. The molecule has 3 aromatic carbocycles. The number of benzene rings is 3. The second-order valence-corrected chi connectivity index (χ2v) is 8.32. The van der Waals surface area contributed by atoms with Gasteiger partial charge >= 0.3 is 0 Å². The molecular weight excluding hydrogens is 460 g/mol. The van der Waals surface area contributed by atoms with E-state index < -0.39 is 0 Å². The molecule has 4 nitrogen and oxygen atoms in total. The van der Waals surface area contributed by atoms with E-state index in [2.05, 4.69) is 4.90 Å². The summed E-state index contributed by atoms with van der Waals surface area (Å²) in [6.07, 6.45) is 0.419. The van der Waals surface area contributed by atoms with Crippen molar-refractivity contribution in [3.8, 4) is 11.5 Å². The summed E-state index contributed by atoms with van der Waals surface area (Å²) in [5, 5.41) is 0. The van der Waals surface area contributed by atoms with E-state index in [0.717, 1.165) is 28.2 Å². The summed E-state index contributed by atoms with van der Waals surface area (Å²) in [6.45, 7) is 1.80. The van der Waals surface area contributed by atoms with E-state index in [1.165, 1.54) is 24.3 Å². The van der Waals surface area contributed by atoms with Gasteiger partial charge in [0.15, 0.2) is 0 Å². The maximum atomic E-state index is 13.6. The quantitative estimate of drug-likeness (QED) is 0.433. The van der Waals surface area contributed by atoms with Crippen LogP contribution in [0.15, 0.2) is 66.7 Å². The molecule has 0 N–H and O–H groups in total. The Kier molecular flexibility index (Phi) is 8.64. The minimum absolute atomic E-state index is 0. The van der Waals surface area contributed by atoms with Crippen LogP contribution in [0.2, 0.25) is 0 Å². The number of Topliss-reactive ketones (excluding diaryl/α,β-unsaturated/α-hetero) is 1. The van der Waals surface area contributed by atoms with E-state index in [0.29, 0.717) is 26.1 Å². The summed E-state index contributed by atoms with van der Waals surface area (Å²) in [5.41, 5.74) is 2.68. The van der Waals surface area contributed by atoms with Gasteiger partial charge in [0.1, 0.15) is 28.9 Å². The third kappa shape index (κ3) is 5.75. The first-order chi connectivity index (χ1) is 16.0. The summed E-state index contributed by atoms with van der Waals surface area (Å²) in [4.78, 5) is 15.3. The SMILES string of the molecule is COc1ccc(CN2CCC(=O)C(C(c3ccc(F)cc3)c3ccc(F)cc3)C2)c(OC)c1.Cl. The minimum atomic E-state index is -0.334. The van der Waals surface area contributed by atoms with E-state index in [-0.39, 0.29) is 41.7 Å². The van der Waals surface area contributed by atoms with Crippen molar-refractivity contribution in [2.24, 2.45) is 5.92 Å². The zero-order valence-corrected chi connectivity index (χ0v) is 20.0. The van der Waals surface area contributed by atoms with Gasteiger partial charge in [0.05, 0.1) is 14.2 Å². The third-order valence-electron chi connectivity index (χ3n) is 6.29. The Labute approximate surface area is 204 Å². The highest BCUT2D eigenvalue weighted by atomic mass is 35.5. The molecule has 1 aliphatic rings. The average Bonchev–Trinajstić information content (AvgIpc) is 2.83. The zero-order valence-electron chi connectivity index (χ0n) is 19.2. The highest BCUT2D eigenvalue weighted by Gasteiger charge is 2.35. The molecule has 0 amide bonds. The Bertz CT molecular complexity index is 1060. The molecule has 0 aromatic heterocycles. The maximum absolute atomic E-state index is 13.6. The van der Waals surface area contributed by atoms with Crippen LogP contribution in [0.3, 0.4) is 0 Å². The van der Waals surface area contributed by atoms with Gasteiger partial charge in [-0.05, 0) is 41.5 Å². The number of piperidine rings is 1. The van der Waals surface area contributed by atoms with Crippen LogP contribution in [0.1, 0.15) is 29.0 Å². The van der Waals surface area contributed by atoms with Crippen molar-refractivity contribution in [2.45, 2.75) is 18.9 Å². The summed E-state index contributed by atoms with van der Waals surface area (Å²) in [5.74, 6) is 0.316. The molecule has 7 heteroatoms. The predicted molar refractivity (Wildman–Crippen MR) is 130 cm³/mol. The number of nitrogens with zero attached hydrogens (tertiary/aromatic N) is 1. The van der Waals surface area contributed by atoms with Crippen LogP contribution in [0.25, 0.3) is 0 Å². The van der Waals surface area contributed by atoms with Crippen LogP contribution in [-0.2, 0) is 11.3 Å². The summed E-state index contributed by atoms with van der Waals surface area (Å²) >= 11 is 0. The Balaban J connectivity index is 0.00000324. The van der Waals surface area contributed by atoms with Crippen LogP contribution in [0.4, 0.5) is 8.78 Å². The lowest BCUT2D eigenvalue weighted by atomic mass is 9.76. The largest absolute Gasteiger partial charge is 0.497 e. The standard InChI is InChI=1S/C27H27F2NO3.ClH/c1-32-23-12-7-20(26(15-23)33-2)16-30-14-13-25(31)24(17-30)27(18-3-8-21(28)9-4-18)19-5-10-22(29)11-6-19;/h3-12,15,24,27H,13-14,16-17H2,1-2H3;1H. The molecule has 34 heavy (non-hydrogen) atoms. The van der Waals surface area contributed by atoms with Gasteiger partial charge in [-0.25, -0.2) is 8.78 Å². The number of hydrogen-bond acceptors (Lipinski definition) is 4. The lowest BCUT2D eigenvalue weighted by Gasteiger charge is -2.36. The lowest BCUT2D eigenvalue weighted by molar-refractivity contribution is -0.126. The second-order valence-electron chi connectivity index (χ2n) is 8.32. The molecule has 3 aromatic rings. The smallest absolute Gasteiger partial charge is 0.139 e. The van der Waals surface area contributed by atoms with E-state index in [1.54, 1.807) is 38.5 Å². The molecule has 0 aliphatic carbocycles. The first kappa shape index (κ1) is 25.7. The molecule has 0 saturated carbocycles. The number of carbonyl (C=O) groups is 1. The molecule has 1 unspecified atom stereocenters. The Morgan fingerprint density at radius 2 is 1.50 bits per heavy atom. The summed E-state index contributed by atoms with van der Waals surface area (Å²) in [7, 11) is 3.24. The highest BCUT2D eigenvalue weighted by Crippen LogP contribution is 2.37. The molecule has 1 fully saturated rings. The van der Waals surface area contributed by atoms with Crippen molar-refractivity contribution in [1.82, 2.24) is 4.90 Å². The first-order valence-corrected chi connectivity index (χ1v) is 11.0. The van der Waals surface area contributed by atoms with Gasteiger partial charge in [-0.15, -0.1) is 12.4 Å².